The van der Waals surface area contributed by atoms with Gasteiger partial charge in [0.25, 0.3) is 0 Å². The van der Waals surface area contributed by atoms with Gasteiger partial charge >= 0.3 is 5.97 Å². The van der Waals surface area contributed by atoms with E-state index in [1.165, 1.54) is 32.1 Å². The molecule has 0 radical (unpaired) electrons. The molecule has 1 unspecified atom stereocenters. The average Bonchev–Trinajstić information content (AvgIpc) is 3.09. The molecule has 19 heavy (non-hydrogen) atoms. The van der Waals surface area contributed by atoms with Gasteiger partial charge in [0, 0.05) is 18.8 Å². The van der Waals surface area contributed by atoms with Crippen LogP contribution in [0.2, 0.25) is 0 Å². The van der Waals surface area contributed by atoms with Crippen molar-refractivity contribution in [3.05, 3.63) is 24.0 Å². The Morgan fingerprint density at radius 3 is 2.79 bits per heavy atom. The third kappa shape index (κ3) is 2.31. The zero-order valence-electron chi connectivity index (χ0n) is 11.1. The second kappa shape index (κ2) is 5.19. The summed E-state index contributed by atoms with van der Waals surface area (Å²) in [4.78, 5) is 17.8. The van der Waals surface area contributed by atoms with Gasteiger partial charge in [0.1, 0.15) is 0 Å². The van der Waals surface area contributed by atoms with Crippen molar-refractivity contribution in [2.75, 3.05) is 11.4 Å². The molecule has 2 heterocycles. The average molecular weight is 260 g/mol. The van der Waals surface area contributed by atoms with Gasteiger partial charge in [0.15, 0.2) is 0 Å². The Morgan fingerprint density at radius 2 is 2.05 bits per heavy atom. The molecule has 1 saturated heterocycles. The molecule has 0 spiro atoms. The van der Waals surface area contributed by atoms with Crippen molar-refractivity contribution in [3.63, 3.8) is 0 Å². The largest absolute Gasteiger partial charge is 0.478 e. The molecule has 1 aliphatic heterocycles. The smallest absolute Gasteiger partial charge is 0.337 e. The van der Waals surface area contributed by atoms with Crippen LogP contribution in [0, 0.1) is 5.92 Å². The van der Waals surface area contributed by atoms with E-state index in [2.05, 4.69) is 9.88 Å². The minimum atomic E-state index is -0.852. The van der Waals surface area contributed by atoms with Crippen molar-refractivity contribution in [1.82, 2.24) is 4.98 Å². The van der Waals surface area contributed by atoms with Crippen LogP contribution in [0.4, 0.5) is 5.69 Å². The normalized spacial score (nSPS) is 24.0. The Hall–Kier alpha value is -1.58. The molecule has 102 valence electrons. The lowest BCUT2D eigenvalue weighted by atomic mass is 9.95. The number of aromatic nitrogens is 1. The van der Waals surface area contributed by atoms with Crippen LogP contribution in [0.3, 0.4) is 0 Å². The number of hydrogen-bond donors (Lipinski definition) is 1. The molecule has 2 aliphatic rings. The molecule has 3 rings (SSSR count). The van der Waals surface area contributed by atoms with E-state index in [9.17, 15) is 9.90 Å². The van der Waals surface area contributed by atoms with Gasteiger partial charge in [-0.05, 0) is 37.7 Å². The molecular formula is C15H20N2O2. The molecular weight excluding hydrogens is 240 g/mol. The number of aromatic carboxylic acids is 1. The first-order valence-electron chi connectivity index (χ1n) is 7.21. The molecule has 4 heteroatoms. The Labute approximate surface area is 113 Å². The number of nitrogens with zero attached hydrogens (tertiary/aromatic N) is 2. The van der Waals surface area contributed by atoms with Crippen molar-refractivity contribution in [2.24, 2.45) is 5.92 Å². The van der Waals surface area contributed by atoms with Crippen LogP contribution in [0.15, 0.2) is 18.5 Å². The zero-order chi connectivity index (χ0) is 13.2. The first-order chi connectivity index (χ1) is 9.27. The number of hydrogen-bond acceptors (Lipinski definition) is 3. The van der Waals surface area contributed by atoms with E-state index in [-0.39, 0.29) is 0 Å². The molecule has 1 aliphatic carbocycles. The van der Waals surface area contributed by atoms with Crippen LogP contribution in [-0.4, -0.2) is 28.6 Å². The maximum absolute atomic E-state index is 11.4. The maximum Gasteiger partial charge on any atom is 0.337 e. The number of anilines is 1. The van der Waals surface area contributed by atoms with Gasteiger partial charge in [-0.1, -0.05) is 12.8 Å². The number of pyridine rings is 1. The third-order valence-corrected chi connectivity index (χ3v) is 4.58. The molecule has 1 saturated carbocycles. The SMILES string of the molecule is O=C(O)c1ccncc1N1CCCC1C1CCCC1. The zero-order valence-corrected chi connectivity index (χ0v) is 11.1. The molecule has 0 amide bonds. The van der Waals surface area contributed by atoms with Gasteiger partial charge < -0.3 is 10.0 Å². The fraction of sp³-hybridized carbons (Fsp3) is 0.600. The summed E-state index contributed by atoms with van der Waals surface area (Å²) in [7, 11) is 0. The lowest BCUT2D eigenvalue weighted by molar-refractivity contribution is 0.0697. The summed E-state index contributed by atoms with van der Waals surface area (Å²) in [5.74, 6) is -0.112. The van der Waals surface area contributed by atoms with E-state index in [0.717, 1.165) is 24.6 Å². The Kier molecular flexibility index (Phi) is 3.40. The quantitative estimate of drug-likeness (QED) is 0.907. The fourth-order valence-corrected chi connectivity index (χ4v) is 3.72. The van der Waals surface area contributed by atoms with Crippen molar-refractivity contribution in [2.45, 2.75) is 44.6 Å². The highest BCUT2D eigenvalue weighted by molar-refractivity contribution is 5.94. The minimum Gasteiger partial charge on any atom is -0.478 e. The Balaban J connectivity index is 1.90. The van der Waals surface area contributed by atoms with Gasteiger partial charge in [-0.25, -0.2) is 4.79 Å². The molecule has 1 N–H and O–H groups in total. The third-order valence-electron chi connectivity index (χ3n) is 4.58. The minimum absolute atomic E-state index is 0.389. The van der Waals surface area contributed by atoms with Gasteiger partial charge in [-0.3, -0.25) is 4.98 Å². The van der Waals surface area contributed by atoms with Gasteiger partial charge in [-0.2, -0.15) is 0 Å². The highest BCUT2D eigenvalue weighted by Crippen LogP contribution is 2.38. The summed E-state index contributed by atoms with van der Waals surface area (Å²) in [5, 5.41) is 9.32. The summed E-state index contributed by atoms with van der Waals surface area (Å²) < 4.78 is 0. The van der Waals surface area contributed by atoms with Gasteiger partial charge in [0.05, 0.1) is 17.4 Å². The van der Waals surface area contributed by atoms with Crippen LogP contribution in [0.1, 0.15) is 48.9 Å². The molecule has 2 fully saturated rings. The van der Waals surface area contributed by atoms with Crippen LogP contribution in [0.5, 0.6) is 0 Å². The van der Waals surface area contributed by atoms with Crippen molar-refractivity contribution < 1.29 is 9.90 Å². The van der Waals surface area contributed by atoms with E-state index in [0.29, 0.717) is 11.6 Å². The van der Waals surface area contributed by atoms with Crippen molar-refractivity contribution >= 4 is 11.7 Å². The topological polar surface area (TPSA) is 53.4 Å². The Bertz CT molecular complexity index is 469. The number of carbonyl (C=O) groups is 1. The molecule has 1 atom stereocenters. The predicted molar refractivity (Wildman–Crippen MR) is 73.5 cm³/mol. The van der Waals surface area contributed by atoms with Crippen LogP contribution < -0.4 is 4.90 Å². The van der Waals surface area contributed by atoms with E-state index >= 15 is 0 Å². The van der Waals surface area contributed by atoms with Gasteiger partial charge in [-0.15, -0.1) is 0 Å². The number of carboxylic acid groups (broad SMARTS) is 1. The molecule has 0 bridgehead atoms. The highest BCUT2D eigenvalue weighted by Gasteiger charge is 2.34. The summed E-state index contributed by atoms with van der Waals surface area (Å²) in [6.07, 6.45) is 10.9. The predicted octanol–water partition coefficient (Wildman–Crippen LogP) is 2.94. The summed E-state index contributed by atoms with van der Waals surface area (Å²) in [6, 6.07) is 2.13. The molecule has 1 aromatic rings. The molecule has 1 aromatic heterocycles. The van der Waals surface area contributed by atoms with E-state index in [4.69, 9.17) is 0 Å². The number of carboxylic acids is 1. The number of rotatable bonds is 3. The summed E-state index contributed by atoms with van der Waals surface area (Å²) >= 11 is 0. The summed E-state index contributed by atoms with van der Waals surface area (Å²) in [5.41, 5.74) is 1.20. The maximum atomic E-state index is 11.4. The van der Waals surface area contributed by atoms with E-state index in [1.807, 2.05) is 0 Å². The monoisotopic (exact) mass is 260 g/mol. The lowest BCUT2D eigenvalue weighted by Gasteiger charge is -2.31. The van der Waals surface area contributed by atoms with Crippen LogP contribution in [-0.2, 0) is 0 Å². The second-order valence-electron chi connectivity index (χ2n) is 5.65. The van der Waals surface area contributed by atoms with E-state index in [1.54, 1.807) is 18.5 Å². The first kappa shape index (κ1) is 12.5. The van der Waals surface area contributed by atoms with Crippen molar-refractivity contribution in [1.29, 1.82) is 0 Å². The van der Waals surface area contributed by atoms with Crippen LogP contribution >= 0.6 is 0 Å². The Morgan fingerprint density at radius 1 is 1.26 bits per heavy atom. The van der Waals surface area contributed by atoms with Crippen LogP contribution in [0.25, 0.3) is 0 Å². The lowest BCUT2D eigenvalue weighted by Crippen LogP contribution is -2.35. The summed E-state index contributed by atoms with van der Waals surface area (Å²) in [6.45, 7) is 0.965. The standard InChI is InChI=1S/C15H20N2O2/c18-15(19)12-7-8-16-10-14(12)17-9-3-6-13(17)11-4-1-2-5-11/h7-8,10-11,13H,1-6,9H2,(H,18,19). The highest BCUT2D eigenvalue weighted by atomic mass is 16.4. The first-order valence-corrected chi connectivity index (χ1v) is 7.21. The second-order valence-corrected chi connectivity index (χ2v) is 5.65. The van der Waals surface area contributed by atoms with E-state index < -0.39 is 5.97 Å². The molecule has 4 nitrogen and oxygen atoms in total. The molecule has 0 aromatic carbocycles. The fourth-order valence-electron chi connectivity index (χ4n) is 3.72. The van der Waals surface area contributed by atoms with Crippen molar-refractivity contribution in [3.8, 4) is 0 Å². The van der Waals surface area contributed by atoms with Gasteiger partial charge in [0.2, 0.25) is 0 Å².